The molecule has 1 aromatic rings. The van der Waals surface area contributed by atoms with Gasteiger partial charge < -0.3 is 10.1 Å². The van der Waals surface area contributed by atoms with E-state index in [1.165, 1.54) is 0 Å². The van der Waals surface area contributed by atoms with E-state index in [0.717, 1.165) is 23.0 Å². The van der Waals surface area contributed by atoms with Crippen molar-refractivity contribution in [2.24, 2.45) is 0 Å². The van der Waals surface area contributed by atoms with Crippen molar-refractivity contribution in [2.75, 3.05) is 19.0 Å². The molecule has 1 heterocycles. The molecular weight excluding hydrogens is 327 g/mol. The van der Waals surface area contributed by atoms with Crippen LogP contribution in [0.25, 0.3) is 0 Å². The van der Waals surface area contributed by atoms with Gasteiger partial charge in [0, 0.05) is 13.0 Å². The van der Waals surface area contributed by atoms with E-state index < -0.39 is 12.8 Å². The van der Waals surface area contributed by atoms with Crippen molar-refractivity contribution in [2.45, 2.75) is 31.5 Å². The first kappa shape index (κ1) is 14.5. The molecule has 0 atom stereocenters. The molecular formula is C11H13BrF3N3O. The van der Waals surface area contributed by atoms with Gasteiger partial charge in [-0.15, -0.1) is 0 Å². The molecule has 0 spiro atoms. The van der Waals surface area contributed by atoms with E-state index in [-0.39, 0.29) is 12.4 Å². The molecule has 0 unspecified atom stereocenters. The van der Waals surface area contributed by atoms with Gasteiger partial charge in [0.2, 0.25) is 0 Å². The highest BCUT2D eigenvalue weighted by Crippen LogP contribution is 2.43. The molecule has 1 N–H and O–H groups in total. The number of nitrogens with one attached hydrogen (secondary N) is 1. The fraction of sp³-hybridized carbons (Fsp3) is 0.636. The molecule has 0 radical (unpaired) electrons. The minimum atomic E-state index is -4.33. The van der Waals surface area contributed by atoms with Crippen LogP contribution in [0, 0.1) is 0 Å². The molecule has 0 aromatic carbocycles. The Kier molecular flexibility index (Phi) is 4.29. The summed E-state index contributed by atoms with van der Waals surface area (Å²) in [7, 11) is 1.70. The monoisotopic (exact) mass is 339 g/mol. The third-order valence-electron chi connectivity index (χ3n) is 2.62. The second-order valence-corrected chi connectivity index (χ2v) is 5.11. The van der Waals surface area contributed by atoms with Gasteiger partial charge >= 0.3 is 6.18 Å². The highest BCUT2D eigenvalue weighted by atomic mass is 79.9. The molecule has 0 saturated heterocycles. The number of rotatable bonds is 5. The number of aromatic nitrogens is 2. The summed E-state index contributed by atoms with van der Waals surface area (Å²) < 4.78 is 41.4. The number of alkyl halides is 3. The largest absolute Gasteiger partial charge is 0.411 e. The predicted octanol–water partition coefficient (Wildman–Crippen LogP) is 3.24. The quantitative estimate of drug-likeness (QED) is 0.894. The van der Waals surface area contributed by atoms with Crippen LogP contribution in [0.2, 0.25) is 0 Å². The number of hydrogen-bond acceptors (Lipinski definition) is 4. The van der Waals surface area contributed by atoms with Gasteiger partial charge in [0.1, 0.15) is 19.0 Å². The van der Waals surface area contributed by atoms with Crippen LogP contribution in [0.5, 0.6) is 0 Å². The van der Waals surface area contributed by atoms with E-state index in [9.17, 15) is 13.2 Å². The molecule has 1 aliphatic rings. The zero-order valence-electron chi connectivity index (χ0n) is 10.2. The lowest BCUT2D eigenvalue weighted by molar-refractivity contribution is -0.177. The SMILES string of the molecule is CNc1nc(COCC(F)(F)F)nc(C2CC2)c1Br. The number of hydrogen-bond donors (Lipinski definition) is 1. The minimum Gasteiger partial charge on any atom is -0.372 e. The topological polar surface area (TPSA) is 47.0 Å². The summed E-state index contributed by atoms with van der Waals surface area (Å²) in [6, 6.07) is 0. The van der Waals surface area contributed by atoms with Crippen LogP contribution in [0.3, 0.4) is 0 Å². The van der Waals surface area contributed by atoms with E-state index in [4.69, 9.17) is 0 Å². The molecule has 1 aromatic heterocycles. The molecule has 1 saturated carbocycles. The molecule has 1 aliphatic carbocycles. The summed E-state index contributed by atoms with van der Waals surface area (Å²) in [5.41, 5.74) is 0.838. The Morgan fingerprint density at radius 1 is 1.37 bits per heavy atom. The molecule has 1 fully saturated rings. The molecule has 4 nitrogen and oxygen atoms in total. The van der Waals surface area contributed by atoms with Gasteiger partial charge in [0.05, 0.1) is 10.2 Å². The lowest BCUT2D eigenvalue weighted by Gasteiger charge is -2.11. The highest BCUT2D eigenvalue weighted by molar-refractivity contribution is 9.10. The van der Waals surface area contributed by atoms with Crippen LogP contribution in [-0.4, -0.2) is 29.8 Å². The zero-order valence-corrected chi connectivity index (χ0v) is 11.8. The average molecular weight is 340 g/mol. The highest BCUT2D eigenvalue weighted by Gasteiger charge is 2.30. The second kappa shape index (κ2) is 5.62. The molecule has 2 rings (SSSR count). The Hall–Kier alpha value is -0.890. The number of nitrogens with zero attached hydrogens (tertiary/aromatic N) is 2. The van der Waals surface area contributed by atoms with Gasteiger partial charge in [-0.3, -0.25) is 0 Å². The van der Waals surface area contributed by atoms with Gasteiger partial charge in [0.15, 0.2) is 5.82 Å². The molecule has 0 bridgehead atoms. The predicted molar refractivity (Wildman–Crippen MR) is 67.0 cm³/mol. The summed E-state index contributed by atoms with van der Waals surface area (Å²) in [6.45, 7) is -1.54. The van der Waals surface area contributed by atoms with Crippen LogP contribution in [0.15, 0.2) is 4.47 Å². The summed E-state index contributed by atoms with van der Waals surface area (Å²) in [5, 5.41) is 2.89. The van der Waals surface area contributed by atoms with Gasteiger partial charge in [-0.05, 0) is 28.8 Å². The maximum Gasteiger partial charge on any atom is 0.411 e. The van der Waals surface area contributed by atoms with Crippen molar-refractivity contribution in [3.63, 3.8) is 0 Å². The average Bonchev–Trinajstić information content (AvgIpc) is 3.13. The first-order valence-electron chi connectivity index (χ1n) is 5.79. The molecule has 8 heteroatoms. The van der Waals surface area contributed by atoms with Gasteiger partial charge in [-0.1, -0.05) is 0 Å². The van der Waals surface area contributed by atoms with E-state index >= 15 is 0 Å². The lowest BCUT2D eigenvalue weighted by Crippen LogP contribution is -2.17. The van der Waals surface area contributed by atoms with Crippen LogP contribution in [-0.2, 0) is 11.3 Å². The van der Waals surface area contributed by atoms with Crippen molar-refractivity contribution < 1.29 is 17.9 Å². The van der Waals surface area contributed by atoms with Gasteiger partial charge in [0.25, 0.3) is 0 Å². The second-order valence-electron chi connectivity index (χ2n) is 4.32. The van der Waals surface area contributed by atoms with E-state index in [0.29, 0.717) is 11.7 Å². The fourth-order valence-corrected chi connectivity index (χ4v) is 2.33. The first-order valence-corrected chi connectivity index (χ1v) is 6.58. The fourth-order valence-electron chi connectivity index (χ4n) is 1.63. The van der Waals surface area contributed by atoms with Gasteiger partial charge in [-0.2, -0.15) is 13.2 Å². The van der Waals surface area contributed by atoms with Crippen LogP contribution in [0.4, 0.5) is 19.0 Å². The van der Waals surface area contributed by atoms with Crippen molar-refractivity contribution >= 4 is 21.7 Å². The van der Waals surface area contributed by atoms with E-state index in [1.54, 1.807) is 7.05 Å². The number of anilines is 1. The summed E-state index contributed by atoms with van der Waals surface area (Å²) in [6.07, 6.45) is -2.25. The molecule has 19 heavy (non-hydrogen) atoms. The molecule has 106 valence electrons. The summed E-state index contributed by atoms with van der Waals surface area (Å²) in [4.78, 5) is 8.39. The molecule has 0 amide bonds. The normalized spacial score (nSPS) is 15.6. The third kappa shape index (κ3) is 4.04. The summed E-state index contributed by atoms with van der Waals surface area (Å²) in [5.74, 6) is 1.20. The zero-order chi connectivity index (χ0) is 14.0. The Bertz CT molecular complexity index is 463. The Balaban J connectivity index is 2.10. The van der Waals surface area contributed by atoms with Crippen molar-refractivity contribution in [3.8, 4) is 0 Å². The maximum atomic E-state index is 12.0. The molecule has 0 aliphatic heterocycles. The summed E-state index contributed by atoms with van der Waals surface area (Å²) >= 11 is 3.41. The van der Waals surface area contributed by atoms with E-state index in [1.807, 2.05) is 0 Å². The van der Waals surface area contributed by atoms with Crippen molar-refractivity contribution in [3.05, 3.63) is 16.0 Å². The van der Waals surface area contributed by atoms with Crippen LogP contribution >= 0.6 is 15.9 Å². The minimum absolute atomic E-state index is 0.249. The van der Waals surface area contributed by atoms with Crippen molar-refractivity contribution in [1.82, 2.24) is 9.97 Å². The number of halogens is 4. The standard InChI is InChI=1S/C11H13BrF3N3O/c1-16-10-8(12)9(6-2-3-6)17-7(18-10)4-19-5-11(13,14)15/h6H,2-5H2,1H3,(H,16,17,18). The van der Waals surface area contributed by atoms with E-state index in [2.05, 4.69) is 36.0 Å². The van der Waals surface area contributed by atoms with Crippen molar-refractivity contribution in [1.29, 1.82) is 0 Å². The van der Waals surface area contributed by atoms with Crippen LogP contribution in [0.1, 0.15) is 30.3 Å². The number of ether oxygens (including phenoxy) is 1. The Morgan fingerprint density at radius 2 is 2.05 bits per heavy atom. The first-order chi connectivity index (χ1) is 8.90. The maximum absolute atomic E-state index is 12.0. The Labute approximate surface area is 116 Å². The Morgan fingerprint density at radius 3 is 2.58 bits per heavy atom. The lowest BCUT2D eigenvalue weighted by atomic mass is 10.2. The van der Waals surface area contributed by atoms with Gasteiger partial charge in [-0.25, -0.2) is 9.97 Å². The van der Waals surface area contributed by atoms with Crippen LogP contribution < -0.4 is 5.32 Å². The smallest absolute Gasteiger partial charge is 0.372 e. The third-order valence-corrected chi connectivity index (χ3v) is 3.40.